The molecule has 2 aromatic carbocycles. The number of aromatic nitrogens is 2. The highest BCUT2D eigenvalue weighted by Crippen LogP contribution is 2.26. The first-order chi connectivity index (χ1) is 14.8. The van der Waals surface area contributed by atoms with E-state index in [2.05, 4.69) is 26.3 Å². The number of nitrogens with one attached hydrogen (secondary N) is 1. The summed E-state index contributed by atoms with van der Waals surface area (Å²) in [5, 5.41) is 8.07. The van der Waals surface area contributed by atoms with E-state index in [9.17, 15) is 9.59 Å². The lowest BCUT2D eigenvalue weighted by atomic mass is 10.1. The molecule has 156 valence electrons. The van der Waals surface area contributed by atoms with Gasteiger partial charge in [-0.3, -0.25) is 24.5 Å². The van der Waals surface area contributed by atoms with Gasteiger partial charge in [-0.15, -0.1) is 0 Å². The first-order valence-corrected chi connectivity index (χ1v) is 10.9. The number of nitrogens with zero attached hydrogens (tertiary/aromatic N) is 3. The molecule has 1 fully saturated rings. The van der Waals surface area contributed by atoms with E-state index in [0.29, 0.717) is 32.4 Å². The van der Waals surface area contributed by atoms with Crippen LogP contribution in [0.25, 0.3) is 6.08 Å². The number of halogens is 3. The Kier molecular flexibility index (Phi) is 6.24. The summed E-state index contributed by atoms with van der Waals surface area (Å²) >= 11 is 20.6. The first kappa shape index (κ1) is 21.7. The Morgan fingerprint density at radius 3 is 2.29 bits per heavy atom. The van der Waals surface area contributed by atoms with Crippen LogP contribution in [0.15, 0.2) is 64.8 Å². The highest BCUT2D eigenvalue weighted by atomic mass is 79.9. The second-order valence-corrected chi connectivity index (χ2v) is 8.71. The minimum absolute atomic E-state index is 0.00297. The quantitative estimate of drug-likeness (QED) is 0.295. The zero-order valence-electron chi connectivity index (χ0n) is 15.7. The topological polar surface area (TPSA) is 67.2 Å². The van der Waals surface area contributed by atoms with Crippen LogP contribution in [0.3, 0.4) is 0 Å². The largest absolute Gasteiger partial charge is 0.298 e. The number of thiocarbonyl (C=S) groups is 1. The third-order valence-corrected chi connectivity index (χ3v) is 5.95. The van der Waals surface area contributed by atoms with Crippen LogP contribution in [0.5, 0.6) is 0 Å². The molecule has 0 aliphatic carbocycles. The molecule has 0 atom stereocenters. The normalized spacial score (nSPS) is 15.5. The lowest BCUT2D eigenvalue weighted by Gasteiger charge is -2.29. The van der Waals surface area contributed by atoms with Crippen LogP contribution in [0.4, 0.5) is 5.69 Å². The number of carbonyl (C=O) groups excluding carboxylic acids is 2. The fourth-order valence-corrected chi connectivity index (χ4v) is 3.97. The van der Waals surface area contributed by atoms with Crippen molar-refractivity contribution in [3.63, 3.8) is 0 Å². The number of anilines is 1. The Hall–Kier alpha value is -2.52. The summed E-state index contributed by atoms with van der Waals surface area (Å²) in [7, 11) is 0. The van der Waals surface area contributed by atoms with Crippen molar-refractivity contribution in [1.82, 2.24) is 15.1 Å². The van der Waals surface area contributed by atoms with Gasteiger partial charge in [-0.1, -0.05) is 35.3 Å². The highest BCUT2D eigenvalue weighted by molar-refractivity contribution is 9.10. The minimum Gasteiger partial charge on any atom is -0.298 e. The van der Waals surface area contributed by atoms with Crippen LogP contribution >= 0.6 is 51.3 Å². The molecule has 1 N–H and O–H groups in total. The van der Waals surface area contributed by atoms with Crippen molar-refractivity contribution >= 4 is 80.0 Å². The molecule has 1 aromatic heterocycles. The van der Waals surface area contributed by atoms with Gasteiger partial charge in [0.2, 0.25) is 0 Å². The van der Waals surface area contributed by atoms with E-state index in [1.807, 2.05) is 12.1 Å². The molecule has 2 amide bonds. The van der Waals surface area contributed by atoms with E-state index in [0.717, 1.165) is 5.56 Å². The van der Waals surface area contributed by atoms with Crippen molar-refractivity contribution < 1.29 is 9.59 Å². The van der Waals surface area contributed by atoms with Crippen molar-refractivity contribution in [1.29, 1.82) is 0 Å². The third kappa shape index (κ3) is 4.57. The van der Waals surface area contributed by atoms with Crippen LogP contribution in [-0.2, 0) is 16.1 Å². The van der Waals surface area contributed by atoms with E-state index in [1.54, 1.807) is 47.3 Å². The van der Waals surface area contributed by atoms with Gasteiger partial charge in [-0.2, -0.15) is 5.10 Å². The van der Waals surface area contributed by atoms with Crippen LogP contribution in [0, 0.1) is 0 Å². The van der Waals surface area contributed by atoms with E-state index in [4.69, 9.17) is 35.4 Å². The maximum atomic E-state index is 13.2. The predicted molar refractivity (Wildman–Crippen MR) is 128 cm³/mol. The molecule has 1 aliphatic rings. The average Bonchev–Trinajstić information content (AvgIpc) is 3.07. The Labute approximate surface area is 201 Å². The van der Waals surface area contributed by atoms with Crippen molar-refractivity contribution in [3.8, 4) is 0 Å². The van der Waals surface area contributed by atoms with E-state index >= 15 is 0 Å². The molecule has 1 aliphatic heterocycles. The molecule has 0 radical (unpaired) electrons. The number of amides is 2. The fourth-order valence-electron chi connectivity index (χ4n) is 3.02. The molecule has 10 heteroatoms. The second-order valence-electron chi connectivity index (χ2n) is 6.60. The minimum atomic E-state index is -0.577. The van der Waals surface area contributed by atoms with Gasteiger partial charge in [0.1, 0.15) is 5.57 Å². The number of rotatable bonds is 4. The molecule has 0 unspecified atom stereocenters. The molecular weight excluding hydrogens is 523 g/mol. The Morgan fingerprint density at radius 2 is 1.65 bits per heavy atom. The number of carbonyl (C=O) groups is 2. The molecular formula is C21H13BrCl2N4O2S. The molecule has 0 bridgehead atoms. The van der Waals surface area contributed by atoms with Crippen molar-refractivity contribution in [3.05, 3.63) is 86.1 Å². The van der Waals surface area contributed by atoms with Crippen molar-refractivity contribution in [2.24, 2.45) is 0 Å². The Bertz CT molecular complexity index is 1220. The molecule has 4 rings (SSSR count). The molecule has 3 aromatic rings. The lowest BCUT2D eigenvalue weighted by Crippen LogP contribution is -2.54. The molecule has 1 saturated heterocycles. The van der Waals surface area contributed by atoms with E-state index in [1.165, 1.54) is 11.0 Å². The molecule has 0 saturated carbocycles. The van der Waals surface area contributed by atoms with Crippen LogP contribution in [0.1, 0.15) is 11.3 Å². The Morgan fingerprint density at radius 1 is 1.03 bits per heavy atom. The third-order valence-electron chi connectivity index (χ3n) is 4.55. The fraction of sp³-hybridized carbons (Fsp3) is 0.0476. The summed E-state index contributed by atoms with van der Waals surface area (Å²) < 4.78 is 2.32. The average molecular weight is 536 g/mol. The maximum absolute atomic E-state index is 13.2. The summed E-state index contributed by atoms with van der Waals surface area (Å²) in [5.74, 6) is -1.12. The number of hydrogen-bond acceptors (Lipinski definition) is 4. The smallest absolute Gasteiger partial charge is 0.270 e. The summed E-state index contributed by atoms with van der Waals surface area (Å²) in [4.78, 5) is 27.0. The van der Waals surface area contributed by atoms with Gasteiger partial charge in [0.05, 0.1) is 28.6 Å². The van der Waals surface area contributed by atoms with Gasteiger partial charge in [0, 0.05) is 10.0 Å². The number of benzene rings is 2. The van der Waals surface area contributed by atoms with Crippen molar-refractivity contribution in [2.75, 3.05) is 4.90 Å². The lowest BCUT2D eigenvalue weighted by molar-refractivity contribution is -0.122. The number of hydrogen-bond donors (Lipinski definition) is 1. The van der Waals surface area contributed by atoms with Crippen LogP contribution < -0.4 is 10.2 Å². The molecule has 6 nitrogen and oxygen atoms in total. The SMILES string of the molecule is O=C1NC(=S)N(c2ccc(Cl)cc2)C(=O)C1=Cc1c(Br)cnn1Cc1ccc(Cl)cc1. The summed E-state index contributed by atoms with van der Waals surface area (Å²) in [6, 6.07) is 13.9. The standard InChI is InChI=1S/C21H13BrCl2N4O2S/c22-17-10-25-27(11-12-1-3-13(23)4-2-12)18(17)9-16-19(29)26-21(31)28(20(16)30)15-7-5-14(24)6-8-15/h1-10H,11H2,(H,26,29,31). The highest BCUT2D eigenvalue weighted by Gasteiger charge is 2.35. The second kappa shape index (κ2) is 8.92. The van der Waals surface area contributed by atoms with Gasteiger partial charge in [-0.25, -0.2) is 0 Å². The van der Waals surface area contributed by atoms with Gasteiger partial charge in [0.15, 0.2) is 5.11 Å². The summed E-state index contributed by atoms with van der Waals surface area (Å²) in [5.41, 5.74) is 1.96. The van der Waals surface area contributed by atoms with Gasteiger partial charge in [0.25, 0.3) is 11.8 Å². The monoisotopic (exact) mass is 534 g/mol. The van der Waals surface area contributed by atoms with Crippen LogP contribution in [-0.4, -0.2) is 26.7 Å². The zero-order chi connectivity index (χ0) is 22.1. The summed E-state index contributed by atoms with van der Waals surface area (Å²) in [6.07, 6.45) is 3.10. The predicted octanol–water partition coefficient (Wildman–Crippen LogP) is 4.83. The molecule has 31 heavy (non-hydrogen) atoms. The Balaban J connectivity index is 1.70. The molecule has 2 heterocycles. The first-order valence-electron chi connectivity index (χ1n) is 8.96. The van der Waals surface area contributed by atoms with E-state index < -0.39 is 11.8 Å². The zero-order valence-corrected chi connectivity index (χ0v) is 19.6. The van der Waals surface area contributed by atoms with Gasteiger partial charge in [-0.05, 0) is 76.2 Å². The van der Waals surface area contributed by atoms with Gasteiger partial charge >= 0.3 is 0 Å². The maximum Gasteiger partial charge on any atom is 0.270 e. The molecule has 0 spiro atoms. The van der Waals surface area contributed by atoms with Crippen molar-refractivity contribution in [2.45, 2.75) is 6.54 Å². The van der Waals surface area contributed by atoms with E-state index in [-0.39, 0.29) is 10.7 Å². The van der Waals surface area contributed by atoms with Gasteiger partial charge < -0.3 is 0 Å². The van der Waals surface area contributed by atoms with Crippen LogP contribution in [0.2, 0.25) is 10.0 Å². The summed E-state index contributed by atoms with van der Waals surface area (Å²) in [6.45, 7) is 0.428.